The van der Waals surface area contributed by atoms with Crippen molar-refractivity contribution in [1.82, 2.24) is 0 Å². The molecule has 1 heterocycles. The summed E-state index contributed by atoms with van der Waals surface area (Å²) in [5.41, 5.74) is 2.59. The normalized spacial score (nSPS) is 11.6. The van der Waals surface area contributed by atoms with Gasteiger partial charge in [-0.25, -0.2) is 4.79 Å². The maximum Gasteiger partial charge on any atom is 0.336 e. The molecule has 3 aromatic carbocycles. The Labute approximate surface area is 198 Å². The molecule has 0 unspecified atom stereocenters. The monoisotopic (exact) mass is 454 g/mol. The summed E-state index contributed by atoms with van der Waals surface area (Å²) in [7, 11) is 1.59. The first kappa shape index (κ1) is 23.1. The van der Waals surface area contributed by atoms with Crippen molar-refractivity contribution < 1.29 is 18.7 Å². The average Bonchev–Trinajstić information content (AvgIpc) is 2.84. The first-order valence-corrected chi connectivity index (χ1v) is 11.0. The van der Waals surface area contributed by atoms with Crippen molar-refractivity contribution in [1.29, 1.82) is 0 Å². The van der Waals surface area contributed by atoms with Crippen LogP contribution in [-0.2, 0) is 10.2 Å². The van der Waals surface area contributed by atoms with Gasteiger partial charge < -0.3 is 13.9 Å². The second-order valence-corrected chi connectivity index (χ2v) is 8.94. The quantitative estimate of drug-likeness (QED) is 0.258. The third-order valence-corrected chi connectivity index (χ3v) is 5.50. The number of esters is 1. The molecule has 1 aromatic heterocycles. The van der Waals surface area contributed by atoms with E-state index in [4.69, 9.17) is 13.9 Å². The molecule has 0 N–H and O–H groups in total. The van der Waals surface area contributed by atoms with Gasteiger partial charge in [0.05, 0.1) is 12.5 Å². The molecular weight excluding hydrogens is 428 g/mol. The molecule has 0 radical (unpaired) electrons. The molecule has 0 aliphatic rings. The summed E-state index contributed by atoms with van der Waals surface area (Å²) in [5, 5.41) is 0.347. The van der Waals surface area contributed by atoms with Gasteiger partial charge in [-0.15, -0.1) is 0 Å². The molecule has 0 atom stereocenters. The van der Waals surface area contributed by atoms with Crippen LogP contribution >= 0.6 is 0 Å². The van der Waals surface area contributed by atoms with Crippen molar-refractivity contribution in [2.24, 2.45) is 0 Å². The highest BCUT2D eigenvalue weighted by molar-refractivity contribution is 5.91. The number of carbonyl (C=O) groups is 1. The number of ether oxygens (including phenoxy) is 2. The number of carbonyl (C=O) groups excluding carboxylic acids is 1. The van der Waals surface area contributed by atoms with E-state index >= 15 is 0 Å². The minimum atomic E-state index is -0.675. The second-order valence-electron chi connectivity index (χ2n) is 8.94. The molecule has 172 valence electrons. The zero-order valence-corrected chi connectivity index (χ0v) is 19.6. The number of methoxy groups -OCH3 is 1. The summed E-state index contributed by atoms with van der Waals surface area (Å²) < 4.78 is 16.7. The van der Waals surface area contributed by atoms with Gasteiger partial charge in [0.1, 0.15) is 11.3 Å². The first-order chi connectivity index (χ1) is 16.3. The molecular formula is C29H26O5. The maximum absolute atomic E-state index is 13.3. The van der Waals surface area contributed by atoms with Gasteiger partial charge in [0.25, 0.3) is 0 Å². The summed E-state index contributed by atoms with van der Waals surface area (Å²) in [4.78, 5) is 25.9. The van der Waals surface area contributed by atoms with Crippen LogP contribution in [0.3, 0.4) is 0 Å². The van der Waals surface area contributed by atoms with Crippen LogP contribution in [0.4, 0.5) is 0 Å². The SMILES string of the molecule is COc1ccc(/C=C/C(=O)Oc2c(-c3ccc(C(C)(C)C)cc3)oc3ccccc3c2=O)cc1. The number of fused-ring (bicyclic) bond motifs is 1. The predicted molar refractivity (Wildman–Crippen MR) is 134 cm³/mol. The lowest BCUT2D eigenvalue weighted by Gasteiger charge is -2.19. The van der Waals surface area contributed by atoms with Gasteiger partial charge in [0.2, 0.25) is 11.2 Å². The van der Waals surface area contributed by atoms with Crippen molar-refractivity contribution in [2.45, 2.75) is 26.2 Å². The Morgan fingerprint density at radius 1 is 0.912 bits per heavy atom. The van der Waals surface area contributed by atoms with E-state index in [9.17, 15) is 9.59 Å². The van der Waals surface area contributed by atoms with E-state index < -0.39 is 11.4 Å². The number of hydrogen-bond acceptors (Lipinski definition) is 5. The standard InChI is InChI=1S/C29H26O5/c1-29(2,3)21-14-12-20(13-15-21)27-28(26(31)23-7-5-6-8-24(23)33-27)34-25(30)18-11-19-9-16-22(32-4)17-10-19/h5-18H,1-4H3/b18-11+. The lowest BCUT2D eigenvalue weighted by Crippen LogP contribution is -2.14. The Kier molecular flexibility index (Phi) is 6.37. The third kappa shape index (κ3) is 4.94. The summed E-state index contributed by atoms with van der Waals surface area (Å²) in [6, 6.07) is 21.8. The van der Waals surface area contributed by atoms with E-state index in [1.54, 1.807) is 49.6 Å². The topological polar surface area (TPSA) is 65.7 Å². The lowest BCUT2D eigenvalue weighted by atomic mass is 9.86. The number of hydrogen-bond donors (Lipinski definition) is 0. The average molecular weight is 455 g/mol. The molecule has 4 aromatic rings. The molecule has 0 spiro atoms. The Balaban J connectivity index is 1.71. The van der Waals surface area contributed by atoms with Crippen molar-refractivity contribution in [3.05, 3.63) is 100 Å². The Bertz CT molecular complexity index is 1400. The van der Waals surface area contributed by atoms with Crippen molar-refractivity contribution in [3.63, 3.8) is 0 Å². The summed E-state index contributed by atoms with van der Waals surface area (Å²) in [6.07, 6.45) is 2.89. The molecule has 34 heavy (non-hydrogen) atoms. The van der Waals surface area contributed by atoms with Gasteiger partial charge in [-0.2, -0.15) is 0 Å². The maximum atomic E-state index is 13.3. The molecule has 4 rings (SSSR count). The van der Waals surface area contributed by atoms with Gasteiger partial charge in [-0.3, -0.25) is 4.79 Å². The number of benzene rings is 3. The third-order valence-electron chi connectivity index (χ3n) is 5.50. The fourth-order valence-electron chi connectivity index (χ4n) is 3.54. The van der Waals surface area contributed by atoms with Gasteiger partial charge in [-0.05, 0) is 46.9 Å². The van der Waals surface area contributed by atoms with Gasteiger partial charge in [0, 0.05) is 11.6 Å². The van der Waals surface area contributed by atoms with Gasteiger partial charge in [-0.1, -0.05) is 69.3 Å². The summed E-state index contributed by atoms with van der Waals surface area (Å²) >= 11 is 0. The molecule has 5 heteroatoms. The predicted octanol–water partition coefficient (Wildman–Crippen LogP) is 6.38. The fourth-order valence-corrected chi connectivity index (χ4v) is 3.54. The summed E-state index contributed by atoms with van der Waals surface area (Å²) in [6.45, 7) is 6.38. The lowest BCUT2D eigenvalue weighted by molar-refractivity contribution is -0.129. The highest BCUT2D eigenvalue weighted by Gasteiger charge is 2.21. The van der Waals surface area contributed by atoms with Gasteiger partial charge >= 0.3 is 5.97 Å². The van der Waals surface area contributed by atoms with Crippen LogP contribution in [0.5, 0.6) is 11.5 Å². The number of para-hydroxylation sites is 1. The zero-order chi connectivity index (χ0) is 24.3. The Hall–Kier alpha value is -4.12. The van der Waals surface area contributed by atoms with Crippen LogP contribution in [0.1, 0.15) is 31.9 Å². The van der Waals surface area contributed by atoms with Crippen molar-refractivity contribution in [2.75, 3.05) is 7.11 Å². The van der Waals surface area contributed by atoms with E-state index in [1.807, 2.05) is 36.4 Å². The van der Waals surface area contributed by atoms with E-state index in [-0.39, 0.29) is 16.9 Å². The molecule has 0 saturated carbocycles. The van der Waals surface area contributed by atoms with Crippen molar-refractivity contribution in [3.8, 4) is 22.8 Å². The summed E-state index contributed by atoms with van der Waals surface area (Å²) in [5.74, 6) is 0.128. The largest absolute Gasteiger partial charge is 0.497 e. The highest BCUT2D eigenvalue weighted by atomic mass is 16.5. The van der Waals surface area contributed by atoms with Crippen LogP contribution in [0.2, 0.25) is 0 Å². The van der Waals surface area contributed by atoms with E-state index in [0.717, 1.165) is 16.9 Å². The molecule has 0 aliphatic carbocycles. The van der Waals surface area contributed by atoms with Crippen LogP contribution in [0, 0.1) is 0 Å². The zero-order valence-electron chi connectivity index (χ0n) is 19.6. The Morgan fingerprint density at radius 3 is 2.24 bits per heavy atom. The Morgan fingerprint density at radius 2 is 1.59 bits per heavy atom. The molecule has 0 bridgehead atoms. The molecule has 0 saturated heterocycles. The van der Waals surface area contributed by atoms with E-state index in [1.165, 1.54) is 6.08 Å². The highest BCUT2D eigenvalue weighted by Crippen LogP contribution is 2.33. The van der Waals surface area contributed by atoms with Crippen LogP contribution in [0.15, 0.2) is 88.1 Å². The van der Waals surface area contributed by atoms with Crippen molar-refractivity contribution >= 4 is 23.0 Å². The number of rotatable bonds is 5. The smallest absolute Gasteiger partial charge is 0.336 e. The van der Waals surface area contributed by atoms with Crippen LogP contribution in [-0.4, -0.2) is 13.1 Å². The molecule has 0 fully saturated rings. The minimum absolute atomic E-state index is 0.0235. The molecule has 5 nitrogen and oxygen atoms in total. The molecule has 0 amide bonds. The first-order valence-electron chi connectivity index (χ1n) is 11.0. The van der Waals surface area contributed by atoms with E-state index in [2.05, 4.69) is 20.8 Å². The molecule has 0 aliphatic heterocycles. The van der Waals surface area contributed by atoms with Crippen LogP contribution < -0.4 is 14.9 Å². The second kappa shape index (κ2) is 9.40. The van der Waals surface area contributed by atoms with Crippen LogP contribution in [0.25, 0.3) is 28.4 Å². The van der Waals surface area contributed by atoms with Gasteiger partial charge in [0.15, 0.2) is 5.76 Å². The van der Waals surface area contributed by atoms with E-state index in [0.29, 0.717) is 16.5 Å². The fraction of sp³-hybridized carbons (Fsp3) is 0.172. The minimum Gasteiger partial charge on any atom is -0.497 e.